The molecule has 0 aliphatic carbocycles. The second kappa shape index (κ2) is 5.56. The van der Waals surface area contributed by atoms with Crippen molar-refractivity contribution in [3.63, 3.8) is 0 Å². The molecule has 0 aromatic carbocycles. The smallest absolute Gasteiger partial charge is 0.204 e. The summed E-state index contributed by atoms with van der Waals surface area (Å²) in [5, 5.41) is 0.395. The molecule has 1 rings (SSSR count). The van der Waals surface area contributed by atoms with Crippen LogP contribution in [0, 0.1) is 11.8 Å². The number of rotatable bonds is 3. The monoisotopic (exact) mass is 298 g/mol. The molecule has 2 nitrogen and oxygen atoms in total. The van der Waals surface area contributed by atoms with E-state index in [9.17, 15) is 4.79 Å². The molecule has 0 unspecified atom stereocenters. The first-order chi connectivity index (χ1) is 8.87. The van der Waals surface area contributed by atoms with E-state index < -0.39 is 8.32 Å². The van der Waals surface area contributed by atoms with E-state index in [4.69, 9.17) is 4.43 Å². The predicted octanol–water partition coefficient (Wildman–Crippen LogP) is 5.18. The molecule has 0 aromatic heterocycles. The Bertz CT molecular complexity index is 348. The first kappa shape index (κ1) is 17.9. The molecular weight excluding hydrogens is 264 g/mol. The molecule has 3 heteroatoms. The average Bonchev–Trinajstić information content (AvgIpc) is 2.65. The number of hydrogen-bond acceptors (Lipinski definition) is 2. The summed E-state index contributed by atoms with van der Waals surface area (Å²) >= 11 is 0. The Morgan fingerprint density at radius 2 is 1.65 bits per heavy atom. The third-order valence-corrected chi connectivity index (χ3v) is 12.0. The number of Topliss-reactive ketones (excluding diaryl/α,β-unsaturated/α-hetero) is 1. The number of ketones is 1. The van der Waals surface area contributed by atoms with Gasteiger partial charge in [-0.3, -0.25) is 4.79 Å². The highest BCUT2D eigenvalue weighted by Crippen LogP contribution is 2.59. The van der Waals surface area contributed by atoms with E-state index >= 15 is 0 Å². The predicted molar refractivity (Wildman–Crippen MR) is 88.5 cm³/mol. The van der Waals surface area contributed by atoms with Crippen LogP contribution in [0.3, 0.4) is 0 Å². The summed E-state index contributed by atoms with van der Waals surface area (Å²) in [5.41, 5.74) is 0. The minimum absolute atomic E-state index is 0.0362. The summed E-state index contributed by atoms with van der Waals surface area (Å²) in [5.74, 6) is 0.870. The molecule has 1 saturated heterocycles. The zero-order valence-electron chi connectivity index (χ0n) is 15.0. The molecule has 3 atom stereocenters. The van der Waals surface area contributed by atoms with Crippen molar-refractivity contribution in [1.82, 2.24) is 0 Å². The van der Waals surface area contributed by atoms with Crippen LogP contribution >= 0.6 is 0 Å². The number of carbonyl (C=O) groups excluding carboxylic acids is 1. The fourth-order valence-electron chi connectivity index (χ4n) is 4.16. The highest BCUT2D eigenvalue weighted by atomic mass is 28.4. The molecule has 0 N–H and O–H groups in total. The van der Waals surface area contributed by atoms with Gasteiger partial charge >= 0.3 is 0 Å². The van der Waals surface area contributed by atoms with Crippen LogP contribution in [0.5, 0.6) is 0 Å². The van der Waals surface area contributed by atoms with Crippen molar-refractivity contribution < 1.29 is 9.22 Å². The van der Waals surface area contributed by atoms with Crippen molar-refractivity contribution in [3.8, 4) is 0 Å². The molecule has 1 aliphatic heterocycles. The van der Waals surface area contributed by atoms with Gasteiger partial charge in [0, 0.05) is 12.3 Å². The highest BCUT2D eigenvalue weighted by molar-refractivity contribution is 6.80. The Hall–Kier alpha value is -0.153. The summed E-state index contributed by atoms with van der Waals surface area (Å²) in [4.78, 5) is 12.1. The standard InChI is InChI=1S/C17H34O2Si/c1-10-14(18)13(3)15-12(2)11-20(19-15,16(4,5)6)17(7,8)9/h12-13,15H,10-11H2,1-9H3/t12-,13-,15-/m0/s1. The number of carbonyl (C=O) groups is 1. The summed E-state index contributed by atoms with van der Waals surface area (Å²) < 4.78 is 6.79. The van der Waals surface area contributed by atoms with Crippen LogP contribution in [-0.4, -0.2) is 20.2 Å². The van der Waals surface area contributed by atoms with E-state index in [0.29, 0.717) is 18.1 Å². The molecule has 0 aromatic rings. The van der Waals surface area contributed by atoms with Gasteiger partial charge in [0.05, 0.1) is 6.10 Å². The Balaban J connectivity index is 3.14. The maximum absolute atomic E-state index is 12.1. The van der Waals surface area contributed by atoms with Crippen LogP contribution in [-0.2, 0) is 9.22 Å². The minimum Gasteiger partial charge on any atom is -0.412 e. The minimum atomic E-state index is -1.94. The van der Waals surface area contributed by atoms with Crippen molar-refractivity contribution >= 4 is 14.1 Å². The summed E-state index contributed by atoms with van der Waals surface area (Å²) in [7, 11) is -1.94. The summed E-state index contributed by atoms with van der Waals surface area (Å²) in [6.45, 7) is 20.2. The number of hydrogen-bond donors (Lipinski definition) is 0. The second-order valence-electron chi connectivity index (χ2n) is 8.70. The van der Waals surface area contributed by atoms with Crippen molar-refractivity contribution in [2.24, 2.45) is 11.8 Å². The topological polar surface area (TPSA) is 26.3 Å². The molecule has 20 heavy (non-hydrogen) atoms. The lowest BCUT2D eigenvalue weighted by molar-refractivity contribution is -0.125. The molecular formula is C17H34O2Si. The van der Waals surface area contributed by atoms with Gasteiger partial charge < -0.3 is 4.43 Å². The van der Waals surface area contributed by atoms with Crippen LogP contribution in [0.15, 0.2) is 0 Å². The van der Waals surface area contributed by atoms with Gasteiger partial charge in [-0.1, -0.05) is 62.3 Å². The van der Waals surface area contributed by atoms with E-state index in [1.807, 2.05) is 6.92 Å². The van der Waals surface area contributed by atoms with E-state index in [1.165, 1.54) is 6.04 Å². The average molecular weight is 299 g/mol. The lowest BCUT2D eigenvalue weighted by Gasteiger charge is -2.48. The molecule has 1 heterocycles. The molecule has 118 valence electrons. The lowest BCUT2D eigenvalue weighted by Crippen LogP contribution is -2.52. The molecule has 1 fully saturated rings. The normalized spacial score (nSPS) is 28.4. The first-order valence-corrected chi connectivity index (χ1v) is 10.2. The Labute approximate surface area is 126 Å². The quantitative estimate of drug-likeness (QED) is 0.671. The SMILES string of the molecule is CCC(=O)[C@H](C)[C@H]1O[Si](C(C)(C)C)(C(C)(C)C)C[C@@H]1C. The van der Waals surface area contributed by atoms with Gasteiger partial charge in [-0.15, -0.1) is 0 Å². The molecule has 0 spiro atoms. The third-order valence-electron chi connectivity index (χ3n) is 5.28. The lowest BCUT2D eigenvalue weighted by atomic mass is 9.90. The van der Waals surface area contributed by atoms with Gasteiger partial charge in [0.15, 0.2) is 0 Å². The fraction of sp³-hybridized carbons (Fsp3) is 0.941. The molecule has 1 aliphatic rings. The van der Waals surface area contributed by atoms with Gasteiger partial charge in [0.2, 0.25) is 8.32 Å². The molecule has 0 saturated carbocycles. The van der Waals surface area contributed by atoms with E-state index in [2.05, 4.69) is 55.4 Å². The van der Waals surface area contributed by atoms with E-state index in [0.717, 1.165) is 0 Å². The maximum atomic E-state index is 12.1. The van der Waals surface area contributed by atoms with Gasteiger partial charge in [0.1, 0.15) is 5.78 Å². The van der Waals surface area contributed by atoms with Crippen molar-refractivity contribution in [2.45, 2.75) is 91.0 Å². The van der Waals surface area contributed by atoms with Crippen LogP contribution in [0.4, 0.5) is 0 Å². The van der Waals surface area contributed by atoms with E-state index in [-0.39, 0.29) is 22.1 Å². The maximum Gasteiger partial charge on any atom is 0.204 e. The van der Waals surface area contributed by atoms with Gasteiger partial charge in [-0.25, -0.2) is 0 Å². The van der Waals surface area contributed by atoms with Gasteiger partial charge in [-0.05, 0) is 22.0 Å². The molecule has 0 radical (unpaired) electrons. The van der Waals surface area contributed by atoms with Crippen LogP contribution in [0.25, 0.3) is 0 Å². The van der Waals surface area contributed by atoms with E-state index in [1.54, 1.807) is 0 Å². The van der Waals surface area contributed by atoms with Gasteiger partial charge in [0.25, 0.3) is 0 Å². The summed E-state index contributed by atoms with van der Waals surface area (Å²) in [6, 6.07) is 1.17. The Morgan fingerprint density at radius 1 is 1.20 bits per heavy atom. The second-order valence-corrected chi connectivity index (χ2v) is 14.0. The van der Waals surface area contributed by atoms with Crippen LogP contribution in [0.2, 0.25) is 16.1 Å². The first-order valence-electron chi connectivity index (χ1n) is 8.08. The highest BCUT2D eigenvalue weighted by Gasteiger charge is 2.61. The third kappa shape index (κ3) is 2.89. The van der Waals surface area contributed by atoms with Crippen molar-refractivity contribution in [1.29, 1.82) is 0 Å². The molecule has 0 amide bonds. The summed E-state index contributed by atoms with van der Waals surface area (Å²) in [6.07, 6.45) is 0.737. The van der Waals surface area contributed by atoms with Crippen molar-refractivity contribution in [2.75, 3.05) is 0 Å². The fourth-order valence-corrected chi connectivity index (χ4v) is 10.5. The van der Waals surface area contributed by atoms with Crippen molar-refractivity contribution in [3.05, 3.63) is 0 Å². The zero-order chi connectivity index (χ0) is 15.9. The zero-order valence-corrected chi connectivity index (χ0v) is 16.0. The van der Waals surface area contributed by atoms with Crippen LogP contribution < -0.4 is 0 Å². The Kier molecular flexibility index (Phi) is 4.98. The largest absolute Gasteiger partial charge is 0.412 e. The molecule has 0 bridgehead atoms. The Morgan fingerprint density at radius 3 is 1.95 bits per heavy atom. The van der Waals surface area contributed by atoms with Gasteiger partial charge in [-0.2, -0.15) is 0 Å². The van der Waals surface area contributed by atoms with Crippen LogP contribution in [0.1, 0.15) is 68.7 Å².